The van der Waals surface area contributed by atoms with Crippen molar-refractivity contribution in [2.45, 2.75) is 19.4 Å². The van der Waals surface area contributed by atoms with Crippen LogP contribution in [0.2, 0.25) is 10.0 Å². The van der Waals surface area contributed by atoms with Gasteiger partial charge in [-0.15, -0.1) is 0 Å². The predicted octanol–water partition coefficient (Wildman–Crippen LogP) is 3.66. The average molecular weight is 382 g/mol. The SMILES string of the molecule is CCOCCC[NH2+][C@H](C(=O)Nc1cc(Cl)cc(Cl)c1)c1ccccc1. The number of amides is 1. The fourth-order valence-electron chi connectivity index (χ4n) is 2.52. The van der Waals surface area contributed by atoms with Gasteiger partial charge in [0.05, 0.1) is 13.2 Å². The average Bonchev–Trinajstić information content (AvgIpc) is 2.58. The van der Waals surface area contributed by atoms with Gasteiger partial charge in [-0.3, -0.25) is 4.79 Å². The topological polar surface area (TPSA) is 54.9 Å². The van der Waals surface area contributed by atoms with Gasteiger partial charge < -0.3 is 15.4 Å². The molecule has 0 spiro atoms. The number of nitrogens with one attached hydrogen (secondary N) is 1. The zero-order valence-electron chi connectivity index (χ0n) is 14.2. The maximum atomic E-state index is 12.8. The smallest absolute Gasteiger partial charge is 0.287 e. The van der Waals surface area contributed by atoms with Crippen molar-refractivity contribution < 1.29 is 14.8 Å². The third kappa shape index (κ3) is 6.67. The molecule has 0 unspecified atom stereocenters. The molecule has 0 aliphatic heterocycles. The van der Waals surface area contributed by atoms with E-state index in [2.05, 4.69) is 5.32 Å². The van der Waals surface area contributed by atoms with Crippen LogP contribution in [0.4, 0.5) is 5.69 Å². The van der Waals surface area contributed by atoms with Crippen molar-refractivity contribution in [3.8, 4) is 0 Å². The minimum Gasteiger partial charge on any atom is -0.382 e. The van der Waals surface area contributed by atoms with Crippen molar-refractivity contribution in [2.24, 2.45) is 0 Å². The number of benzene rings is 2. The standard InChI is InChI=1S/C19H22Cl2N2O2/c1-2-25-10-6-9-22-18(14-7-4-3-5-8-14)19(24)23-17-12-15(20)11-16(21)13-17/h3-5,7-8,11-13,18,22H,2,6,9-10H2,1H3,(H,23,24)/p+1/t18-/m0/s1. The second-order valence-electron chi connectivity index (χ2n) is 5.61. The van der Waals surface area contributed by atoms with Crippen molar-refractivity contribution in [2.75, 3.05) is 25.1 Å². The number of carbonyl (C=O) groups excluding carboxylic acids is 1. The summed E-state index contributed by atoms with van der Waals surface area (Å²) in [7, 11) is 0. The third-order valence-corrected chi connectivity index (χ3v) is 4.11. The quantitative estimate of drug-likeness (QED) is 0.651. The molecule has 0 radical (unpaired) electrons. The van der Waals surface area contributed by atoms with Gasteiger partial charge in [-0.2, -0.15) is 0 Å². The Morgan fingerprint density at radius 2 is 1.84 bits per heavy atom. The summed E-state index contributed by atoms with van der Waals surface area (Å²) in [5.41, 5.74) is 1.54. The molecule has 2 rings (SSSR count). The summed E-state index contributed by atoms with van der Waals surface area (Å²) in [4.78, 5) is 12.8. The lowest BCUT2D eigenvalue weighted by Crippen LogP contribution is -2.87. The molecule has 6 heteroatoms. The van der Waals surface area contributed by atoms with Gasteiger partial charge in [-0.25, -0.2) is 0 Å². The number of nitrogens with two attached hydrogens (primary N) is 1. The molecular formula is C19H23Cl2N2O2+. The van der Waals surface area contributed by atoms with Crippen LogP contribution in [0.5, 0.6) is 0 Å². The van der Waals surface area contributed by atoms with Crippen molar-refractivity contribution in [1.82, 2.24) is 0 Å². The van der Waals surface area contributed by atoms with Gasteiger partial charge in [-0.1, -0.05) is 53.5 Å². The summed E-state index contributed by atoms with van der Waals surface area (Å²) in [6.07, 6.45) is 0.882. The minimum atomic E-state index is -0.347. The van der Waals surface area contributed by atoms with Crippen LogP contribution < -0.4 is 10.6 Å². The Bertz CT molecular complexity index is 660. The predicted molar refractivity (Wildman–Crippen MR) is 102 cm³/mol. The summed E-state index contributed by atoms with van der Waals surface area (Å²) >= 11 is 12.0. The normalized spacial score (nSPS) is 12.0. The molecular weight excluding hydrogens is 359 g/mol. The third-order valence-electron chi connectivity index (χ3n) is 3.67. The second-order valence-corrected chi connectivity index (χ2v) is 6.48. The van der Waals surface area contributed by atoms with Crippen LogP contribution in [-0.4, -0.2) is 25.7 Å². The number of carbonyl (C=O) groups is 1. The molecule has 2 aromatic rings. The zero-order chi connectivity index (χ0) is 18.1. The number of halogens is 2. The van der Waals surface area contributed by atoms with Gasteiger partial charge in [0, 0.05) is 34.3 Å². The van der Waals surface area contributed by atoms with Crippen LogP contribution >= 0.6 is 23.2 Å². The Hall–Kier alpha value is -1.59. The number of hydrogen-bond donors (Lipinski definition) is 2. The van der Waals surface area contributed by atoms with Gasteiger partial charge in [0.1, 0.15) is 0 Å². The summed E-state index contributed by atoms with van der Waals surface area (Å²) in [5.74, 6) is -0.110. The molecule has 2 aromatic carbocycles. The first-order chi connectivity index (χ1) is 12.1. The maximum absolute atomic E-state index is 12.8. The molecule has 134 valence electrons. The van der Waals surface area contributed by atoms with Gasteiger partial charge in [0.2, 0.25) is 0 Å². The molecule has 0 fully saturated rings. The van der Waals surface area contributed by atoms with Gasteiger partial charge in [0.15, 0.2) is 6.04 Å². The van der Waals surface area contributed by atoms with Crippen molar-refractivity contribution in [1.29, 1.82) is 0 Å². The minimum absolute atomic E-state index is 0.110. The van der Waals surface area contributed by atoms with Crippen molar-refractivity contribution in [3.63, 3.8) is 0 Å². The summed E-state index contributed by atoms with van der Waals surface area (Å²) in [6, 6.07) is 14.4. The van der Waals surface area contributed by atoms with Gasteiger partial charge in [0.25, 0.3) is 5.91 Å². The first-order valence-corrected chi connectivity index (χ1v) is 9.08. The summed E-state index contributed by atoms with van der Waals surface area (Å²) in [6.45, 7) is 4.17. The Balaban J connectivity index is 2.06. The lowest BCUT2D eigenvalue weighted by Gasteiger charge is -2.16. The second kappa shape index (κ2) is 10.4. The molecule has 0 aliphatic rings. The van der Waals surface area contributed by atoms with E-state index >= 15 is 0 Å². The fraction of sp³-hybridized carbons (Fsp3) is 0.316. The molecule has 0 saturated carbocycles. The molecule has 4 nitrogen and oxygen atoms in total. The largest absolute Gasteiger partial charge is 0.382 e. The Kier molecular flexibility index (Phi) is 8.22. The van der Waals surface area contributed by atoms with Crippen molar-refractivity contribution in [3.05, 3.63) is 64.1 Å². The van der Waals surface area contributed by atoms with E-state index in [0.717, 1.165) is 18.5 Å². The number of rotatable bonds is 9. The van der Waals surface area contributed by atoms with Crippen molar-refractivity contribution >= 4 is 34.8 Å². The molecule has 1 amide bonds. The highest BCUT2D eigenvalue weighted by Gasteiger charge is 2.24. The Morgan fingerprint density at radius 3 is 2.48 bits per heavy atom. The van der Waals surface area contributed by atoms with Crippen LogP contribution in [0.25, 0.3) is 0 Å². The Morgan fingerprint density at radius 1 is 1.16 bits per heavy atom. The van der Waals surface area contributed by atoms with Crippen LogP contribution in [0.15, 0.2) is 48.5 Å². The highest BCUT2D eigenvalue weighted by atomic mass is 35.5. The van der Waals surface area contributed by atoms with E-state index in [1.165, 1.54) is 0 Å². The van der Waals surface area contributed by atoms with E-state index in [0.29, 0.717) is 28.9 Å². The van der Waals surface area contributed by atoms with Crippen LogP contribution in [0.3, 0.4) is 0 Å². The number of hydrogen-bond acceptors (Lipinski definition) is 2. The lowest BCUT2D eigenvalue weighted by molar-refractivity contribution is -0.682. The number of ether oxygens (including phenoxy) is 1. The summed E-state index contributed by atoms with van der Waals surface area (Å²) < 4.78 is 5.35. The molecule has 3 N–H and O–H groups in total. The fourth-order valence-corrected chi connectivity index (χ4v) is 3.04. The first kappa shape index (κ1) is 19.7. The molecule has 0 aliphatic carbocycles. The van der Waals surface area contributed by atoms with Gasteiger partial charge >= 0.3 is 0 Å². The first-order valence-electron chi connectivity index (χ1n) is 8.33. The van der Waals surface area contributed by atoms with Crippen LogP contribution in [0, 0.1) is 0 Å². The van der Waals surface area contributed by atoms with Crippen LogP contribution in [0.1, 0.15) is 24.9 Å². The van der Waals surface area contributed by atoms with Gasteiger partial charge in [-0.05, 0) is 25.1 Å². The molecule has 0 saturated heterocycles. The molecule has 0 heterocycles. The van der Waals surface area contributed by atoms with E-state index < -0.39 is 0 Å². The highest BCUT2D eigenvalue weighted by Crippen LogP contribution is 2.23. The van der Waals surface area contributed by atoms with E-state index in [-0.39, 0.29) is 11.9 Å². The molecule has 0 aromatic heterocycles. The Labute approximate surface area is 158 Å². The van der Waals surface area contributed by atoms with E-state index in [9.17, 15) is 4.79 Å². The number of quaternary nitrogens is 1. The number of anilines is 1. The van der Waals surface area contributed by atoms with E-state index in [1.807, 2.05) is 42.6 Å². The monoisotopic (exact) mass is 381 g/mol. The highest BCUT2D eigenvalue weighted by molar-refractivity contribution is 6.35. The van der Waals surface area contributed by atoms with Crippen LogP contribution in [-0.2, 0) is 9.53 Å². The zero-order valence-corrected chi connectivity index (χ0v) is 15.7. The van der Waals surface area contributed by atoms with E-state index in [1.54, 1.807) is 18.2 Å². The maximum Gasteiger partial charge on any atom is 0.287 e. The van der Waals surface area contributed by atoms with E-state index in [4.69, 9.17) is 27.9 Å². The molecule has 1 atom stereocenters. The summed E-state index contributed by atoms with van der Waals surface area (Å²) in [5, 5.41) is 5.90. The molecule has 25 heavy (non-hydrogen) atoms. The lowest BCUT2D eigenvalue weighted by atomic mass is 10.1. The molecule has 0 bridgehead atoms.